The van der Waals surface area contributed by atoms with Gasteiger partial charge in [-0.15, -0.1) is 13.2 Å². The number of urea groups is 1. The van der Waals surface area contributed by atoms with Crippen LogP contribution in [-0.4, -0.2) is 52.8 Å². The van der Waals surface area contributed by atoms with Crippen molar-refractivity contribution in [2.75, 3.05) is 20.1 Å². The van der Waals surface area contributed by atoms with Gasteiger partial charge in [0.05, 0.1) is 34.7 Å². The first-order valence-electron chi connectivity index (χ1n) is 14.1. The van der Waals surface area contributed by atoms with E-state index in [1.54, 1.807) is 24.0 Å². The lowest BCUT2D eigenvalue weighted by molar-refractivity contribution is -0.143. The molecule has 0 N–H and O–H groups in total. The molecule has 2 fully saturated rings. The number of hydrogen-bond donors (Lipinski definition) is 0. The molecule has 0 spiro atoms. The van der Waals surface area contributed by atoms with Crippen LogP contribution in [0.4, 0.5) is 35.5 Å². The molecule has 2 aromatic carbocycles. The summed E-state index contributed by atoms with van der Waals surface area (Å²) >= 11 is 0. The van der Waals surface area contributed by atoms with Crippen molar-refractivity contribution in [2.24, 2.45) is 5.41 Å². The number of alkyl halides is 6. The van der Waals surface area contributed by atoms with Crippen molar-refractivity contribution < 1.29 is 40.3 Å². The minimum absolute atomic E-state index is 0.0360. The minimum atomic E-state index is -5.04. The van der Waals surface area contributed by atoms with E-state index in [-0.39, 0.29) is 30.6 Å². The molecule has 0 radical (unpaired) electrons. The monoisotopic (exact) mass is 625 g/mol. The van der Waals surface area contributed by atoms with Gasteiger partial charge in [0.2, 0.25) is 5.91 Å². The van der Waals surface area contributed by atoms with Gasteiger partial charge in [0.25, 0.3) is 0 Å². The molecule has 12 heteroatoms. The number of allylic oxidation sites excluding steroid dienone is 2. The largest absolute Gasteiger partial charge is 0.416 e. The van der Waals surface area contributed by atoms with Crippen molar-refractivity contribution >= 4 is 11.9 Å². The molecule has 3 atom stereocenters. The van der Waals surface area contributed by atoms with Gasteiger partial charge in [-0.3, -0.25) is 4.79 Å². The van der Waals surface area contributed by atoms with E-state index in [0.717, 1.165) is 4.90 Å². The van der Waals surface area contributed by atoms with Gasteiger partial charge in [-0.2, -0.15) is 26.3 Å². The summed E-state index contributed by atoms with van der Waals surface area (Å²) in [6, 6.07) is 2.21. The molecule has 0 aliphatic carbocycles. The molecular weight excluding hydrogens is 591 g/mol. The molecular formula is C32H34F7N3O2. The number of carbonyl (C=O) groups excluding carboxylic acids is 2. The van der Waals surface area contributed by atoms with E-state index in [0.29, 0.717) is 42.5 Å². The summed E-state index contributed by atoms with van der Waals surface area (Å²) in [5, 5.41) is 0. The third-order valence-corrected chi connectivity index (χ3v) is 8.84. The van der Waals surface area contributed by atoms with Gasteiger partial charge < -0.3 is 14.7 Å². The van der Waals surface area contributed by atoms with Crippen molar-refractivity contribution in [3.8, 4) is 0 Å². The molecule has 4 rings (SSSR count). The number of rotatable bonds is 7. The van der Waals surface area contributed by atoms with Crippen molar-refractivity contribution in [1.82, 2.24) is 14.7 Å². The Labute approximate surface area is 251 Å². The SMILES string of the molecule is C=CCC1(CC=C)CC2C(c3ccc(F)cc3C)N(C(=O)N(C)[C@H](C)c3cc(C(F)(F)F)cc(C(F)(F)F)c3)CCN2C1=O. The maximum atomic E-state index is 14.1. The molecule has 2 saturated heterocycles. The fourth-order valence-electron chi connectivity index (χ4n) is 6.51. The lowest BCUT2D eigenvalue weighted by Gasteiger charge is -2.47. The normalized spacial score (nSPS) is 20.7. The Bertz CT molecular complexity index is 1410. The third kappa shape index (κ3) is 6.08. The molecule has 3 amide bonds. The number of aryl methyl sites for hydroxylation is 1. The van der Waals surface area contributed by atoms with Crippen LogP contribution in [-0.2, 0) is 17.1 Å². The Morgan fingerprint density at radius 1 is 1.02 bits per heavy atom. The van der Waals surface area contributed by atoms with Gasteiger partial charge in [0.15, 0.2) is 0 Å². The predicted octanol–water partition coefficient (Wildman–Crippen LogP) is 8.08. The number of carbonyl (C=O) groups is 2. The summed E-state index contributed by atoms with van der Waals surface area (Å²) in [6.07, 6.45) is -5.72. The lowest BCUT2D eigenvalue weighted by atomic mass is 9.76. The summed E-state index contributed by atoms with van der Waals surface area (Å²) < 4.78 is 95.5. The van der Waals surface area contributed by atoms with E-state index < -0.39 is 58.9 Å². The zero-order valence-corrected chi connectivity index (χ0v) is 24.6. The van der Waals surface area contributed by atoms with Crippen molar-refractivity contribution in [1.29, 1.82) is 0 Å². The van der Waals surface area contributed by atoms with E-state index >= 15 is 0 Å². The Morgan fingerprint density at radius 3 is 2.09 bits per heavy atom. The van der Waals surface area contributed by atoms with E-state index in [9.17, 15) is 40.3 Å². The van der Waals surface area contributed by atoms with Crippen LogP contribution in [0.5, 0.6) is 0 Å². The lowest BCUT2D eigenvalue weighted by Crippen LogP contribution is -2.57. The zero-order valence-electron chi connectivity index (χ0n) is 24.6. The minimum Gasteiger partial charge on any atom is -0.335 e. The number of piperazine rings is 1. The highest BCUT2D eigenvalue weighted by molar-refractivity contribution is 5.87. The molecule has 44 heavy (non-hydrogen) atoms. The molecule has 2 unspecified atom stereocenters. The molecule has 5 nitrogen and oxygen atoms in total. The average molecular weight is 626 g/mol. The van der Waals surface area contributed by atoms with Crippen molar-refractivity contribution in [2.45, 2.75) is 63.6 Å². The molecule has 2 aliphatic rings. The van der Waals surface area contributed by atoms with Gasteiger partial charge in [-0.05, 0) is 80.1 Å². The van der Waals surface area contributed by atoms with E-state index in [2.05, 4.69) is 13.2 Å². The van der Waals surface area contributed by atoms with Crippen LogP contribution in [0.1, 0.15) is 66.1 Å². The second-order valence-corrected chi connectivity index (χ2v) is 11.6. The van der Waals surface area contributed by atoms with Crippen LogP contribution in [0.25, 0.3) is 0 Å². The Hall–Kier alpha value is -3.83. The van der Waals surface area contributed by atoms with E-state index in [1.165, 1.54) is 37.1 Å². The Balaban J connectivity index is 1.76. The van der Waals surface area contributed by atoms with Crippen molar-refractivity contribution in [3.63, 3.8) is 0 Å². The third-order valence-electron chi connectivity index (χ3n) is 8.84. The summed E-state index contributed by atoms with van der Waals surface area (Å²) in [4.78, 5) is 32.1. The fraction of sp³-hybridized carbons (Fsp3) is 0.438. The van der Waals surface area contributed by atoms with Gasteiger partial charge in [0.1, 0.15) is 5.82 Å². The standard InChI is InChI=1S/C32H34F7N3O2/c1-6-10-30(11-7-2)18-26-27(25-9-8-24(33)14-19(25)3)42(13-12-41(26)28(30)43)29(44)40(5)20(4)21-15-22(31(34,35)36)17-23(16-21)32(37,38)39/h6-9,14-17,20,26-27H,1-2,10-13,18H2,3-5H3/t20-,26?,27?/m1/s1. The van der Waals surface area contributed by atoms with Gasteiger partial charge >= 0.3 is 18.4 Å². The first-order chi connectivity index (χ1) is 20.4. The fourth-order valence-corrected chi connectivity index (χ4v) is 6.51. The maximum absolute atomic E-state index is 14.1. The number of halogens is 7. The number of hydrogen-bond acceptors (Lipinski definition) is 2. The van der Waals surface area contributed by atoms with Crippen LogP contribution < -0.4 is 0 Å². The van der Waals surface area contributed by atoms with Crippen LogP contribution in [0.2, 0.25) is 0 Å². The Kier molecular flexibility index (Phi) is 8.97. The second kappa shape index (κ2) is 11.9. The van der Waals surface area contributed by atoms with E-state index in [4.69, 9.17) is 0 Å². The zero-order chi connectivity index (χ0) is 32.8. The van der Waals surface area contributed by atoms with Crippen LogP contribution in [0.15, 0.2) is 61.7 Å². The predicted molar refractivity (Wildman–Crippen MR) is 151 cm³/mol. The van der Waals surface area contributed by atoms with Crippen LogP contribution in [0.3, 0.4) is 0 Å². The molecule has 2 aromatic rings. The summed E-state index contributed by atoms with van der Waals surface area (Å²) in [5.74, 6) is -0.618. The van der Waals surface area contributed by atoms with Crippen molar-refractivity contribution in [3.05, 3.63) is 95.3 Å². The molecule has 2 aliphatic heterocycles. The first kappa shape index (κ1) is 33.1. The van der Waals surface area contributed by atoms with E-state index in [1.807, 2.05) is 0 Å². The number of nitrogens with zero attached hydrogens (tertiary/aromatic N) is 3. The van der Waals surface area contributed by atoms with Gasteiger partial charge in [-0.1, -0.05) is 18.2 Å². The maximum Gasteiger partial charge on any atom is 0.416 e. The smallest absolute Gasteiger partial charge is 0.335 e. The number of benzene rings is 2. The summed E-state index contributed by atoms with van der Waals surface area (Å²) in [5.41, 5.74) is -3.04. The highest BCUT2D eigenvalue weighted by atomic mass is 19.4. The van der Waals surface area contributed by atoms with Gasteiger partial charge in [0, 0.05) is 20.1 Å². The molecule has 0 saturated carbocycles. The topological polar surface area (TPSA) is 43.9 Å². The Morgan fingerprint density at radius 2 is 1.59 bits per heavy atom. The summed E-state index contributed by atoms with van der Waals surface area (Å²) in [6.45, 7) is 10.8. The molecule has 238 valence electrons. The van der Waals surface area contributed by atoms with Crippen LogP contribution >= 0.6 is 0 Å². The van der Waals surface area contributed by atoms with Crippen LogP contribution in [0, 0.1) is 18.2 Å². The molecule has 0 aromatic heterocycles. The van der Waals surface area contributed by atoms with Gasteiger partial charge in [-0.25, -0.2) is 9.18 Å². The molecule has 0 bridgehead atoms. The number of amides is 3. The summed E-state index contributed by atoms with van der Waals surface area (Å²) in [7, 11) is 1.31. The quantitative estimate of drug-likeness (QED) is 0.231. The average Bonchev–Trinajstić information content (AvgIpc) is 3.21. The number of fused-ring (bicyclic) bond motifs is 1. The molecule has 2 heterocycles. The second-order valence-electron chi connectivity index (χ2n) is 11.6. The first-order valence-corrected chi connectivity index (χ1v) is 14.1. The highest BCUT2D eigenvalue weighted by Crippen LogP contribution is 2.50. The highest BCUT2D eigenvalue weighted by Gasteiger charge is 2.56.